The third-order valence-electron chi connectivity index (χ3n) is 4.55. The van der Waals surface area contributed by atoms with Crippen LogP contribution in [0.15, 0.2) is 11.8 Å². The number of hydrogen-bond donors (Lipinski definition) is 0. The lowest BCUT2D eigenvalue weighted by Gasteiger charge is -2.24. The maximum absolute atomic E-state index is 5.18. The third-order valence-corrected chi connectivity index (χ3v) is 4.55. The summed E-state index contributed by atoms with van der Waals surface area (Å²) in [6.07, 6.45) is 9.33. The van der Waals surface area contributed by atoms with Gasteiger partial charge in [0, 0.05) is 0 Å². The average Bonchev–Trinajstić information content (AvgIpc) is 2.74. The summed E-state index contributed by atoms with van der Waals surface area (Å²) in [6, 6.07) is 0. The molecule has 0 aliphatic heterocycles. The van der Waals surface area contributed by atoms with Crippen LogP contribution >= 0.6 is 0 Å². The van der Waals surface area contributed by atoms with Gasteiger partial charge in [-0.15, -0.1) is 0 Å². The fourth-order valence-electron chi connectivity index (χ4n) is 4.19. The van der Waals surface area contributed by atoms with Crippen molar-refractivity contribution in [3.8, 4) is 0 Å². The quantitative estimate of drug-likeness (QED) is 0.561. The Morgan fingerprint density at radius 2 is 2.08 bits per heavy atom. The Balaban J connectivity index is 1.87. The van der Waals surface area contributed by atoms with Crippen LogP contribution in [0.3, 0.4) is 0 Å². The summed E-state index contributed by atoms with van der Waals surface area (Å²) in [4.78, 5) is 0. The van der Waals surface area contributed by atoms with Crippen molar-refractivity contribution in [2.75, 3.05) is 7.11 Å². The van der Waals surface area contributed by atoms with E-state index in [1.165, 1.54) is 32.1 Å². The van der Waals surface area contributed by atoms with Gasteiger partial charge in [0.15, 0.2) is 0 Å². The van der Waals surface area contributed by atoms with Crippen LogP contribution in [0.4, 0.5) is 0 Å². The van der Waals surface area contributed by atoms with Crippen LogP contribution in [0.1, 0.15) is 32.1 Å². The fraction of sp³-hybridized carbons (Fsp3) is 0.833. The Hall–Kier alpha value is -0.460. The topological polar surface area (TPSA) is 9.23 Å². The predicted octanol–water partition coefficient (Wildman–Crippen LogP) is 2.97. The van der Waals surface area contributed by atoms with E-state index in [4.69, 9.17) is 4.74 Å². The Morgan fingerprint density at radius 1 is 1.23 bits per heavy atom. The summed E-state index contributed by atoms with van der Waals surface area (Å²) in [5.74, 6) is 4.08. The van der Waals surface area contributed by atoms with Gasteiger partial charge in [-0.2, -0.15) is 0 Å². The zero-order chi connectivity index (χ0) is 8.84. The van der Waals surface area contributed by atoms with Gasteiger partial charge in [0.2, 0.25) is 0 Å². The molecule has 3 aliphatic carbocycles. The van der Waals surface area contributed by atoms with Crippen LogP contribution in [-0.4, -0.2) is 7.11 Å². The number of rotatable bonds is 1. The van der Waals surface area contributed by atoms with Crippen LogP contribution in [-0.2, 0) is 4.74 Å². The molecule has 13 heavy (non-hydrogen) atoms. The van der Waals surface area contributed by atoms with Gasteiger partial charge in [-0.05, 0) is 61.3 Å². The van der Waals surface area contributed by atoms with Crippen molar-refractivity contribution in [2.24, 2.45) is 23.7 Å². The van der Waals surface area contributed by atoms with E-state index in [9.17, 15) is 0 Å². The molecule has 72 valence electrons. The van der Waals surface area contributed by atoms with Crippen molar-refractivity contribution in [3.05, 3.63) is 11.8 Å². The van der Waals surface area contributed by atoms with Crippen LogP contribution in [0.2, 0.25) is 0 Å². The van der Waals surface area contributed by atoms with Gasteiger partial charge in [-0.3, -0.25) is 0 Å². The van der Waals surface area contributed by atoms with Crippen molar-refractivity contribution < 1.29 is 4.74 Å². The molecule has 0 aromatic carbocycles. The molecular formula is C12H18O. The molecule has 0 heterocycles. The fourth-order valence-corrected chi connectivity index (χ4v) is 4.19. The molecule has 3 fully saturated rings. The average molecular weight is 178 g/mol. The summed E-state index contributed by atoms with van der Waals surface area (Å²) < 4.78 is 5.18. The van der Waals surface area contributed by atoms with Gasteiger partial charge in [0.05, 0.1) is 13.4 Å². The van der Waals surface area contributed by atoms with E-state index < -0.39 is 0 Å². The van der Waals surface area contributed by atoms with Crippen LogP contribution in [0.25, 0.3) is 0 Å². The first kappa shape index (κ1) is 7.90. The van der Waals surface area contributed by atoms with E-state index in [-0.39, 0.29) is 0 Å². The Morgan fingerprint density at radius 3 is 2.92 bits per heavy atom. The maximum Gasteiger partial charge on any atom is 0.0819 e. The Kier molecular flexibility index (Phi) is 1.68. The van der Waals surface area contributed by atoms with Crippen molar-refractivity contribution >= 4 is 0 Å². The standard InChI is InChI=1S/C12H18O/c1-13-7-10-4-5-11-8-2-3-9(6-8)12(10)11/h7-9,11-12H,2-6H2,1H3. The normalized spacial score (nSPS) is 50.1. The van der Waals surface area contributed by atoms with Gasteiger partial charge in [-0.25, -0.2) is 0 Å². The lowest BCUT2D eigenvalue weighted by molar-refractivity contribution is 0.273. The Labute approximate surface area is 80.2 Å². The van der Waals surface area contributed by atoms with Crippen LogP contribution in [0.5, 0.6) is 0 Å². The van der Waals surface area contributed by atoms with E-state index in [1.54, 1.807) is 12.7 Å². The molecule has 0 radical (unpaired) electrons. The number of ether oxygens (including phenoxy) is 1. The molecule has 0 aromatic rings. The van der Waals surface area contributed by atoms with Crippen molar-refractivity contribution in [1.29, 1.82) is 0 Å². The van der Waals surface area contributed by atoms with Gasteiger partial charge < -0.3 is 4.74 Å². The largest absolute Gasteiger partial charge is 0.504 e. The summed E-state index contributed by atoms with van der Waals surface area (Å²) in [7, 11) is 1.79. The molecule has 4 atom stereocenters. The highest BCUT2D eigenvalue weighted by atomic mass is 16.5. The number of hydrogen-bond acceptors (Lipinski definition) is 1. The van der Waals surface area contributed by atoms with E-state index in [0.717, 1.165) is 23.7 Å². The number of methoxy groups -OCH3 is 1. The molecule has 0 saturated heterocycles. The van der Waals surface area contributed by atoms with Gasteiger partial charge in [0.1, 0.15) is 0 Å². The second kappa shape index (κ2) is 2.76. The number of allylic oxidation sites excluding steroid dienone is 1. The van der Waals surface area contributed by atoms with E-state index in [1.807, 2.05) is 6.26 Å². The first-order valence-electron chi connectivity index (χ1n) is 5.62. The minimum Gasteiger partial charge on any atom is -0.504 e. The molecule has 1 heteroatoms. The minimum atomic E-state index is 0.929. The molecule has 4 unspecified atom stereocenters. The first-order chi connectivity index (χ1) is 6.40. The molecule has 0 N–H and O–H groups in total. The SMILES string of the molecule is COC=C1CCC2C3CCC(C3)C12. The molecule has 1 nitrogen and oxygen atoms in total. The molecule has 3 rings (SSSR count). The molecule has 2 bridgehead atoms. The van der Waals surface area contributed by atoms with E-state index >= 15 is 0 Å². The monoisotopic (exact) mass is 178 g/mol. The van der Waals surface area contributed by atoms with Gasteiger partial charge in [-0.1, -0.05) is 0 Å². The minimum absolute atomic E-state index is 0.929. The number of fused-ring (bicyclic) bond motifs is 5. The predicted molar refractivity (Wildman–Crippen MR) is 52.1 cm³/mol. The second-order valence-corrected chi connectivity index (χ2v) is 4.99. The smallest absolute Gasteiger partial charge is 0.0819 e. The van der Waals surface area contributed by atoms with E-state index in [2.05, 4.69) is 0 Å². The molecule has 3 saturated carbocycles. The summed E-state index contributed by atoms with van der Waals surface area (Å²) in [6.45, 7) is 0. The lowest BCUT2D eigenvalue weighted by Crippen LogP contribution is -2.17. The first-order valence-corrected chi connectivity index (χ1v) is 5.62. The molecule has 0 aromatic heterocycles. The highest BCUT2D eigenvalue weighted by Gasteiger charge is 2.51. The highest BCUT2D eigenvalue weighted by molar-refractivity contribution is 5.19. The highest BCUT2D eigenvalue weighted by Crippen LogP contribution is 2.60. The zero-order valence-electron chi connectivity index (χ0n) is 8.33. The van der Waals surface area contributed by atoms with Gasteiger partial charge >= 0.3 is 0 Å². The van der Waals surface area contributed by atoms with Crippen molar-refractivity contribution in [2.45, 2.75) is 32.1 Å². The van der Waals surface area contributed by atoms with Crippen molar-refractivity contribution in [3.63, 3.8) is 0 Å². The molecule has 3 aliphatic rings. The zero-order valence-corrected chi connectivity index (χ0v) is 8.33. The van der Waals surface area contributed by atoms with Gasteiger partial charge in [0.25, 0.3) is 0 Å². The van der Waals surface area contributed by atoms with Crippen LogP contribution in [0, 0.1) is 23.7 Å². The molecule has 0 spiro atoms. The molecular weight excluding hydrogens is 160 g/mol. The maximum atomic E-state index is 5.18. The summed E-state index contributed by atoms with van der Waals surface area (Å²) in [5, 5.41) is 0. The summed E-state index contributed by atoms with van der Waals surface area (Å²) in [5.41, 5.74) is 1.62. The summed E-state index contributed by atoms with van der Waals surface area (Å²) >= 11 is 0. The Bertz CT molecular complexity index is 244. The second-order valence-electron chi connectivity index (χ2n) is 4.99. The third kappa shape index (κ3) is 0.992. The van der Waals surface area contributed by atoms with Crippen LogP contribution < -0.4 is 0 Å². The lowest BCUT2D eigenvalue weighted by atomic mass is 9.80. The van der Waals surface area contributed by atoms with Crippen molar-refractivity contribution in [1.82, 2.24) is 0 Å². The molecule has 0 amide bonds. The van der Waals surface area contributed by atoms with E-state index in [0.29, 0.717) is 0 Å².